The maximum atomic E-state index is 13.6. The van der Waals surface area contributed by atoms with Crippen molar-refractivity contribution in [3.8, 4) is 23.0 Å². The lowest BCUT2D eigenvalue weighted by Crippen LogP contribution is -2.46. The third-order valence-corrected chi connectivity index (χ3v) is 6.26. The summed E-state index contributed by atoms with van der Waals surface area (Å²) in [4.78, 5) is 24.1. The minimum Gasteiger partial charge on any atom is -0.485 e. The monoisotopic (exact) mass is 447 g/mol. The first-order chi connectivity index (χ1) is 15.7. The molecule has 0 bridgehead atoms. The Balaban J connectivity index is 1.36. The van der Waals surface area contributed by atoms with Gasteiger partial charge in [0.2, 0.25) is 12.9 Å². The number of ether oxygens (including phenoxy) is 4. The lowest BCUT2D eigenvalue weighted by atomic mass is 10.2. The fraction of sp³-hybridized carbons (Fsp3) is 0.174. The largest absolute Gasteiger partial charge is 0.485 e. The number of hydrogen-bond donors (Lipinski definition) is 0. The van der Waals surface area contributed by atoms with E-state index in [9.17, 15) is 4.79 Å². The molecule has 0 saturated carbocycles. The number of pyridine rings is 1. The predicted molar refractivity (Wildman–Crippen MR) is 118 cm³/mol. The highest BCUT2D eigenvalue weighted by Crippen LogP contribution is 2.40. The summed E-state index contributed by atoms with van der Waals surface area (Å²) in [5, 5.41) is 0.556. The van der Waals surface area contributed by atoms with Gasteiger partial charge < -0.3 is 18.9 Å². The average Bonchev–Trinajstić information content (AvgIpc) is 3.46. The van der Waals surface area contributed by atoms with Crippen molar-refractivity contribution in [1.29, 1.82) is 0 Å². The van der Waals surface area contributed by atoms with Crippen LogP contribution in [0.2, 0.25) is 0 Å². The standard InChI is InChI=1S/C23H17N3O5S/c27-22(20-12-28-16-5-1-2-6-17(16)31-20)26(11-14-4-3-7-24-10-14)23-25-15-8-18-19(30-13-29-18)9-21(15)32-23/h1-10,20H,11-13H2. The van der Waals surface area contributed by atoms with E-state index in [2.05, 4.69) is 4.98 Å². The summed E-state index contributed by atoms with van der Waals surface area (Å²) >= 11 is 1.41. The van der Waals surface area contributed by atoms with Crippen molar-refractivity contribution in [1.82, 2.24) is 9.97 Å². The first-order valence-corrected chi connectivity index (χ1v) is 10.9. The normalized spacial score (nSPS) is 16.2. The van der Waals surface area contributed by atoms with Gasteiger partial charge in [-0.2, -0.15) is 0 Å². The number of carbonyl (C=O) groups excluding carboxylic acids is 1. The van der Waals surface area contributed by atoms with Crippen molar-refractivity contribution in [3.63, 3.8) is 0 Å². The molecule has 4 aromatic rings. The number of benzene rings is 2. The highest BCUT2D eigenvalue weighted by atomic mass is 32.1. The Kier molecular flexibility index (Phi) is 4.53. The Labute approximate surface area is 186 Å². The quantitative estimate of drug-likeness (QED) is 0.471. The Morgan fingerprint density at radius 2 is 1.88 bits per heavy atom. The molecule has 0 spiro atoms. The van der Waals surface area contributed by atoms with Crippen molar-refractivity contribution in [2.24, 2.45) is 0 Å². The number of nitrogens with zero attached hydrogens (tertiary/aromatic N) is 3. The number of amides is 1. The minimum absolute atomic E-state index is 0.125. The summed E-state index contributed by atoms with van der Waals surface area (Å²) in [6.07, 6.45) is 2.65. The van der Waals surface area contributed by atoms with Crippen LogP contribution in [0.3, 0.4) is 0 Å². The summed E-state index contributed by atoms with van der Waals surface area (Å²) < 4.78 is 23.6. The first kappa shape index (κ1) is 18.9. The summed E-state index contributed by atoms with van der Waals surface area (Å²) in [5.74, 6) is 2.28. The van der Waals surface area contributed by atoms with Crippen LogP contribution in [0.25, 0.3) is 10.2 Å². The summed E-state index contributed by atoms with van der Waals surface area (Å²) in [7, 11) is 0. The van der Waals surface area contributed by atoms with Crippen molar-refractivity contribution in [2.75, 3.05) is 18.3 Å². The molecule has 2 aromatic carbocycles. The van der Waals surface area contributed by atoms with Crippen LogP contribution >= 0.6 is 11.3 Å². The fourth-order valence-corrected chi connectivity index (χ4v) is 4.63. The molecule has 8 nitrogen and oxygen atoms in total. The van der Waals surface area contributed by atoms with Gasteiger partial charge >= 0.3 is 0 Å². The van der Waals surface area contributed by atoms with Crippen molar-refractivity contribution in [2.45, 2.75) is 12.6 Å². The second kappa shape index (κ2) is 7.69. The first-order valence-electron chi connectivity index (χ1n) is 10.0. The molecule has 32 heavy (non-hydrogen) atoms. The van der Waals surface area contributed by atoms with Gasteiger partial charge in [0.05, 0.1) is 16.8 Å². The van der Waals surface area contributed by atoms with Gasteiger partial charge in [0, 0.05) is 24.5 Å². The predicted octanol–water partition coefficient (Wildman–Crippen LogP) is 3.79. The number of anilines is 1. The van der Waals surface area contributed by atoms with E-state index in [1.807, 2.05) is 42.5 Å². The van der Waals surface area contributed by atoms with Crippen LogP contribution in [0.4, 0.5) is 5.13 Å². The van der Waals surface area contributed by atoms with Crippen LogP contribution in [0, 0.1) is 0 Å². The van der Waals surface area contributed by atoms with Gasteiger partial charge in [0.15, 0.2) is 28.1 Å². The van der Waals surface area contributed by atoms with E-state index >= 15 is 0 Å². The molecule has 0 radical (unpaired) electrons. The zero-order chi connectivity index (χ0) is 21.5. The number of para-hydroxylation sites is 2. The number of fused-ring (bicyclic) bond motifs is 3. The molecule has 0 saturated heterocycles. The molecule has 160 valence electrons. The van der Waals surface area contributed by atoms with Gasteiger partial charge in [-0.3, -0.25) is 14.7 Å². The molecule has 0 fully saturated rings. The van der Waals surface area contributed by atoms with Crippen molar-refractivity contribution >= 4 is 32.6 Å². The number of aromatic nitrogens is 2. The molecule has 0 N–H and O–H groups in total. The molecule has 4 heterocycles. The van der Waals surface area contributed by atoms with Crippen molar-refractivity contribution < 1.29 is 23.7 Å². The molecular formula is C23H17N3O5S. The molecule has 2 aromatic heterocycles. The van der Waals surface area contributed by atoms with Crippen LogP contribution in [0.15, 0.2) is 60.9 Å². The second-order valence-corrected chi connectivity index (χ2v) is 8.33. The summed E-state index contributed by atoms with van der Waals surface area (Å²) in [5.41, 5.74) is 1.62. The van der Waals surface area contributed by atoms with Gasteiger partial charge in [-0.25, -0.2) is 4.98 Å². The van der Waals surface area contributed by atoms with Gasteiger partial charge in [-0.1, -0.05) is 29.5 Å². The SMILES string of the molecule is O=C(C1COc2ccccc2O1)N(Cc1cccnc1)c1nc2cc3c(cc2s1)OCO3. The molecule has 1 atom stereocenters. The molecule has 6 rings (SSSR count). The lowest BCUT2D eigenvalue weighted by molar-refractivity contribution is -0.127. The molecular weight excluding hydrogens is 430 g/mol. The van der Waals surface area contributed by atoms with E-state index < -0.39 is 6.10 Å². The molecule has 9 heteroatoms. The maximum Gasteiger partial charge on any atom is 0.273 e. The van der Waals surface area contributed by atoms with Crippen LogP contribution in [-0.4, -0.2) is 35.4 Å². The Morgan fingerprint density at radius 3 is 2.72 bits per heavy atom. The van der Waals surface area contributed by atoms with Crippen LogP contribution in [0.5, 0.6) is 23.0 Å². The fourth-order valence-electron chi connectivity index (χ4n) is 3.65. The Morgan fingerprint density at radius 1 is 1.03 bits per heavy atom. The van der Waals surface area contributed by atoms with E-state index in [0.29, 0.717) is 34.7 Å². The third kappa shape index (κ3) is 3.36. The zero-order valence-corrected chi connectivity index (χ0v) is 17.6. The number of carbonyl (C=O) groups is 1. The number of hydrogen-bond acceptors (Lipinski definition) is 8. The van der Waals surface area contributed by atoms with E-state index in [1.165, 1.54) is 11.3 Å². The Bertz CT molecular complexity index is 1270. The number of thiazole rings is 1. The molecule has 2 aliphatic rings. The molecule has 1 amide bonds. The van der Waals surface area contributed by atoms with Gasteiger partial charge in [-0.15, -0.1) is 0 Å². The van der Waals surface area contributed by atoms with Gasteiger partial charge in [0.1, 0.15) is 6.61 Å². The molecule has 1 unspecified atom stereocenters. The third-order valence-electron chi connectivity index (χ3n) is 5.22. The second-order valence-electron chi connectivity index (χ2n) is 7.32. The van der Waals surface area contributed by atoms with Crippen molar-refractivity contribution in [3.05, 3.63) is 66.5 Å². The molecule has 2 aliphatic heterocycles. The van der Waals surface area contributed by atoms with E-state index in [-0.39, 0.29) is 19.3 Å². The topological polar surface area (TPSA) is 83.0 Å². The average molecular weight is 447 g/mol. The van der Waals surface area contributed by atoms with Crippen LogP contribution in [0.1, 0.15) is 5.56 Å². The summed E-state index contributed by atoms with van der Waals surface area (Å²) in [6.45, 7) is 0.631. The van der Waals surface area contributed by atoms with E-state index in [4.69, 9.17) is 23.9 Å². The van der Waals surface area contributed by atoms with Crippen LogP contribution in [-0.2, 0) is 11.3 Å². The van der Waals surface area contributed by atoms with E-state index in [1.54, 1.807) is 23.4 Å². The maximum absolute atomic E-state index is 13.6. The Hall–Kier alpha value is -3.85. The van der Waals surface area contributed by atoms with Gasteiger partial charge in [-0.05, 0) is 23.8 Å². The van der Waals surface area contributed by atoms with E-state index in [0.717, 1.165) is 15.8 Å². The zero-order valence-electron chi connectivity index (χ0n) is 16.8. The minimum atomic E-state index is -0.787. The highest BCUT2D eigenvalue weighted by Gasteiger charge is 2.33. The highest BCUT2D eigenvalue weighted by molar-refractivity contribution is 7.22. The molecule has 0 aliphatic carbocycles. The summed E-state index contributed by atoms with van der Waals surface area (Å²) in [6, 6.07) is 14.8. The lowest BCUT2D eigenvalue weighted by Gasteiger charge is -2.29. The smallest absolute Gasteiger partial charge is 0.273 e. The van der Waals surface area contributed by atoms with Crippen LogP contribution < -0.4 is 23.8 Å². The number of rotatable bonds is 4. The van der Waals surface area contributed by atoms with Gasteiger partial charge in [0.25, 0.3) is 5.91 Å².